The van der Waals surface area contributed by atoms with Crippen molar-refractivity contribution in [3.63, 3.8) is 0 Å². The van der Waals surface area contributed by atoms with E-state index in [1.165, 1.54) is 0 Å². The Morgan fingerprint density at radius 2 is 1.81 bits per heavy atom. The van der Waals surface area contributed by atoms with Gasteiger partial charge in [-0.15, -0.1) is 10.2 Å². The van der Waals surface area contributed by atoms with E-state index < -0.39 is 0 Å². The third-order valence-electron chi connectivity index (χ3n) is 5.76. The Hall–Kier alpha value is -2.85. The van der Waals surface area contributed by atoms with Gasteiger partial charge >= 0.3 is 0 Å². The lowest BCUT2D eigenvalue weighted by molar-refractivity contribution is -0.122. The Balaban J connectivity index is 1.22. The first-order valence-electron chi connectivity index (χ1n) is 11.0. The predicted octanol–water partition coefficient (Wildman–Crippen LogP) is 2.33. The second kappa shape index (κ2) is 10.6. The molecule has 2 aliphatic rings. The monoisotopic (exact) mass is 457 g/mol. The summed E-state index contributed by atoms with van der Waals surface area (Å²) in [4.78, 5) is 39.0. The second-order valence-corrected chi connectivity index (χ2v) is 9.09. The van der Waals surface area contributed by atoms with Crippen molar-refractivity contribution in [1.82, 2.24) is 20.4 Å². The maximum Gasteiger partial charge on any atom is 0.286 e. The van der Waals surface area contributed by atoms with Crippen LogP contribution in [0.3, 0.4) is 0 Å². The number of para-hydroxylation sites is 1. The molecule has 1 aromatic carbocycles. The molecule has 3 heterocycles. The zero-order valence-corrected chi connectivity index (χ0v) is 18.6. The molecule has 9 nitrogen and oxygen atoms in total. The fraction of sp³-hybridized carbons (Fsp3) is 0.500. The van der Waals surface area contributed by atoms with Gasteiger partial charge in [0.15, 0.2) is 0 Å². The van der Waals surface area contributed by atoms with Gasteiger partial charge in [0.2, 0.25) is 15.9 Å². The number of ether oxygens (including phenoxy) is 1. The molecule has 32 heavy (non-hydrogen) atoms. The molecule has 2 fully saturated rings. The molecule has 0 radical (unpaired) electrons. The molecule has 10 heteroatoms. The summed E-state index contributed by atoms with van der Waals surface area (Å²) >= 11 is 0.991. The number of nitrogens with zero attached hydrogens (tertiary/aromatic N) is 3. The molecule has 0 spiro atoms. The number of hydrogen-bond donors (Lipinski definition) is 2. The van der Waals surface area contributed by atoms with Gasteiger partial charge in [0, 0.05) is 38.3 Å². The van der Waals surface area contributed by atoms with Gasteiger partial charge in [0.25, 0.3) is 11.8 Å². The quantitative estimate of drug-likeness (QED) is 0.660. The number of amides is 3. The van der Waals surface area contributed by atoms with Crippen molar-refractivity contribution in [3.8, 4) is 0 Å². The highest BCUT2D eigenvalue weighted by Gasteiger charge is 2.28. The molecule has 0 saturated carbocycles. The van der Waals surface area contributed by atoms with Gasteiger partial charge < -0.3 is 20.3 Å². The number of carbonyl (C=O) groups excluding carboxylic acids is 3. The molecular weight excluding hydrogens is 430 g/mol. The molecular formula is C22H27N5O4S. The van der Waals surface area contributed by atoms with Gasteiger partial charge in [-0.2, -0.15) is 0 Å². The van der Waals surface area contributed by atoms with Gasteiger partial charge in [-0.25, -0.2) is 0 Å². The molecule has 1 atom stereocenters. The van der Waals surface area contributed by atoms with Crippen LogP contribution in [0.25, 0.3) is 0 Å². The third kappa shape index (κ3) is 5.89. The van der Waals surface area contributed by atoms with Crippen LogP contribution in [-0.4, -0.2) is 65.2 Å². The zero-order chi connectivity index (χ0) is 22.3. The number of likely N-dealkylation sites (tertiary alicyclic amines) is 1. The minimum atomic E-state index is -0.388. The first kappa shape index (κ1) is 22.3. The van der Waals surface area contributed by atoms with Gasteiger partial charge in [0.05, 0.1) is 6.10 Å². The van der Waals surface area contributed by atoms with Crippen LogP contribution < -0.4 is 10.6 Å². The number of aromatic nitrogens is 2. The molecule has 4 rings (SSSR count). The van der Waals surface area contributed by atoms with Crippen LogP contribution in [-0.2, 0) is 9.53 Å². The smallest absolute Gasteiger partial charge is 0.286 e. The summed E-state index contributed by atoms with van der Waals surface area (Å²) in [7, 11) is 0. The summed E-state index contributed by atoms with van der Waals surface area (Å²) < 4.78 is 5.53. The minimum absolute atomic E-state index is 0.0449. The van der Waals surface area contributed by atoms with Crippen LogP contribution in [0.2, 0.25) is 0 Å². The third-order valence-corrected chi connectivity index (χ3v) is 6.67. The van der Waals surface area contributed by atoms with Crippen molar-refractivity contribution in [2.75, 3.05) is 31.6 Å². The van der Waals surface area contributed by atoms with E-state index >= 15 is 0 Å². The topological polar surface area (TPSA) is 114 Å². The highest BCUT2D eigenvalue weighted by atomic mass is 32.1. The number of rotatable bonds is 7. The van der Waals surface area contributed by atoms with Crippen LogP contribution in [0.4, 0.5) is 5.69 Å². The number of anilines is 1. The molecule has 170 valence electrons. The average Bonchev–Trinajstić information content (AvgIpc) is 3.51. The lowest BCUT2D eigenvalue weighted by Gasteiger charge is -2.31. The van der Waals surface area contributed by atoms with Crippen molar-refractivity contribution < 1.29 is 19.1 Å². The second-order valence-electron chi connectivity index (χ2n) is 8.11. The maximum absolute atomic E-state index is 12.8. The van der Waals surface area contributed by atoms with Crippen molar-refractivity contribution in [2.24, 2.45) is 5.92 Å². The Morgan fingerprint density at radius 1 is 1.06 bits per heavy atom. The first-order chi connectivity index (χ1) is 15.6. The van der Waals surface area contributed by atoms with E-state index in [9.17, 15) is 14.4 Å². The molecule has 2 N–H and O–H groups in total. The zero-order valence-electron chi connectivity index (χ0n) is 17.8. The van der Waals surface area contributed by atoms with Gasteiger partial charge in [-0.1, -0.05) is 29.5 Å². The van der Waals surface area contributed by atoms with Crippen molar-refractivity contribution in [3.05, 3.63) is 40.3 Å². The van der Waals surface area contributed by atoms with E-state index in [-0.39, 0.29) is 39.8 Å². The largest absolute Gasteiger partial charge is 0.376 e. The minimum Gasteiger partial charge on any atom is -0.376 e. The van der Waals surface area contributed by atoms with E-state index in [1.54, 1.807) is 17.0 Å². The molecule has 1 aromatic heterocycles. The van der Waals surface area contributed by atoms with Crippen LogP contribution in [0.1, 0.15) is 51.7 Å². The Morgan fingerprint density at radius 3 is 2.53 bits per heavy atom. The average molecular weight is 458 g/mol. The van der Waals surface area contributed by atoms with E-state index in [0.717, 1.165) is 43.6 Å². The Kier molecular flexibility index (Phi) is 7.43. The number of nitrogens with one attached hydrogen (secondary N) is 2. The van der Waals surface area contributed by atoms with Crippen LogP contribution in [0, 0.1) is 5.92 Å². The van der Waals surface area contributed by atoms with Gasteiger partial charge in [0.1, 0.15) is 0 Å². The Labute approximate surface area is 190 Å². The van der Waals surface area contributed by atoms with Crippen LogP contribution in [0.15, 0.2) is 30.3 Å². The molecule has 2 aromatic rings. The molecule has 2 saturated heterocycles. The lowest BCUT2D eigenvalue weighted by atomic mass is 9.93. The molecule has 3 amide bonds. The number of carbonyl (C=O) groups is 3. The molecule has 0 unspecified atom stereocenters. The van der Waals surface area contributed by atoms with E-state index in [0.29, 0.717) is 31.7 Å². The number of hydrogen-bond acceptors (Lipinski definition) is 7. The summed E-state index contributed by atoms with van der Waals surface area (Å²) in [6.45, 7) is 2.48. The van der Waals surface area contributed by atoms with Crippen molar-refractivity contribution >= 4 is 34.7 Å². The molecule has 2 aliphatic heterocycles. The Bertz CT molecular complexity index is 937. The highest BCUT2D eigenvalue weighted by molar-refractivity contribution is 7.15. The molecule has 0 bridgehead atoms. The van der Waals surface area contributed by atoms with Crippen molar-refractivity contribution in [2.45, 2.75) is 38.2 Å². The van der Waals surface area contributed by atoms with Gasteiger partial charge in [-0.3, -0.25) is 14.4 Å². The van der Waals surface area contributed by atoms with Gasteiger partial charge in [-0.05, 0) is 43.7 Å². The summed E-state index contributed by atoms with van der Waals surface area (Å²) in [5.41, 5.74) is 0.655. The standard InChI is InChI=1S/C22H27N5O4S/c28-18(23-14-17-7-4-12-31-17)13-15-8-10-27(11-9-15)22(30)21-26-25-20(32-21)19(29)24-16-5-2-1-3-6-16/h1-3,5-6,15,17H,4,7-14H2,(H,23,28)(H,24,29)/t17-/m1/s1. The van der Waals surface area contributed by atoms with E-state index in [1.807, 2.05) is 18.2 Å². The SMILES string of the molecule is O=C(CC1CCN(C(=O)c2nnc(C(=O)Nc3ccccc3)s2)CC1)NC[C@H]1CCCO1. The summed E-state index contributed by atoms with van der Waals surface area (Å²) in [5, 5.41) is 13.9. The lowest BCUT2D eigenvalue weighted by Crippen LogP contribution is -2.40. The first-order valence-corrected chi connectivity index (χ1v) is 11.8. The van der Waals surface area contributed by atoms with Crippen molar-refractivity contribution in [1.29, 1.82) is 0 Å². The predicted molar refractivity (Wildman–Crippen MR) is 120 cm³/mol. The fourth-order valence-electron chi connectivity index (χ4n) is 3.95. The normalized spacial score (nSPS) is 19.0. The fourth-order valence-corrected chi connectivity index (χ4v) is 4.66. The summed E-state index contributed by atoms with van der Waals surface area (Å²) in [6.07, 6.45) is 4.20. The highest BCUT2D eigenvalue weighted by Crippen LogP contribution is 2.23. The van der Waals surface area contributed by atoms with Crippen LogP contribution >= 0.6 is 11.3 Å². The van der Waals surface area contributed by atoms with E-state index in [4.69, 9.17) is 4.74 Å². The summed E-state index contributed by atoms with van der Waals surface area (Å²) in [6, 6.07) is 9.05. The molecule has 0 aliphatic carbocycles. The maximum atomic E-state index is 12.8. The number of benzene rings is 1. The summed E-state index contributed by atoms with van der Waals surface area (Å²) in [5.74, 6) is -0.309. The number of piperidine rings is 1. The van der Waals surface area contributed by atoms with Crippen LogP contribution in [0.5, 0.6) is 0 Å². The van der Waals surface area contributed by atoms with E-state index in [2.05, 4.69) is 20.8 Å².